The van der Waals surface area contributed by atoms with Crippen LogP contribution in [0.2, 0.25) is 0 Å². The first-order valence-corrected chi connectivity index (χ1v) is 6.96. The molecular weight excluding hydrogens is 379 g/mol. The Bertz CT molecular complexity index is 449. The summed E-state index contributed by atoms with van der Waals surface area (Å²) in [7, 11) is 1.71. The highest BCUT2D eigenvalue weighted by Gasteiger charge is 2.16. The fourth-order valence-corrected chi connectivity index (χ4v) is 1.56. The summed E-state index contributed by atoms with van der Waals surface area (Å²) in [4.78, 5) is 8.98. The van der Waals surface area contributed by atoms with Gasteiger partial charge in [0.1, 0.15) is 0 Å². The zero-order chi connectivity index (χ0) is 15.0. The van der Waals surface area contributed by atoms with Gasteiger partial charge in [-0.2, -0.15) is 0 Å². The standard InChI is InChI=1S/C15H26N4O.HI/c1-6-16-14(18-11-15(3,4)20-5)17-10-13-9-7-8-12(2)19-13;/h7-9H,6,10-11H2,1-5H3,(H2,16,17,18);1H. The summed E-state index contributed by atoms with van der Waals surface area (Å²) in [6.45, 7) is 10.2. The molecule has 1 aromatic rings. The van der Waals surface area contributed by atoms with Crippen LogP contribution in [-0.4, -0.2) is 36.7 Å². The van der Waals surface area contributed by atoms with Crippen molar-refractivity contribution >= 4 is 29.9 Å². The predicted octanol–water partition coefficient (Wildman–Crippen LogP) is 2.49. The molecule has 0 aliphatic rings. The number of hydrogen-bond donors (Lipinski definition) is 2. The first kappa shape index (κ1) is 20.1. The average Bonchev–Trinajstić information content (AvgIpc) is 2.42. The summed E-state index contributed by atoms with van der Waals surface area (Å²) in [6, 6.07) is 5.97. The Morgan fingerprint density at radius 2 is 2.05 bits per heavy atom. The molecule has 0 radical (unpaired) electrons. The van der Waals surface area contributed by atoms with Crippen molar-refractivity contribution in [3.05, 3.63) is 29.6 Å². The maximum Gasteiger partial charge on any atom is 0.191 e. The fraction of sp³-hybridized carbons (Fsp3) is 0.600. The van der Waals surface area contributed by atoms with Gasteiger partial charge in [-0.1, -0.05) is 6.07 Å². The van der Waals surface area contributed by atoms with Crippen molar-refractivity contribution < 1.29 is 4.74 Å². The molecule has 5 nitrogen and oxygen atoms in total. The number of ether oxygens (including phenoxy) is 1. The highest BCUT2D eigenvalue weighted by molar-refractivity contribution is 14.0. The molecule has 1 aromatic heterocycles. The number of halogens is 1. The zero-order valence-electron chi connectivity index (χ0n) is 13.6. The quantitative estimate of drug-likeness (QED) is 0.433. The number of nitrogens with zero attached hydrogens (tertiary/aromatic N) is 2. The van der Waals surface area contributed by atoms with Gasteiger partial charge in [0.05, 0.1) is 17.8 Å². The third-order valence-electron chi connectivity index (χ3n) is 2.92. The van der Waals surface area contributed by atoms with Gasteiger partial charge in [-0.3, -0.25) is 4.98 Å². The molecule has 2 N–H and O–H groups in total. The number of methoxy groups -OCH3 is 1. The van der Waals surface area contributed by atoms with E-state index in [-0.39, 0.29) is 29.6 Å². The van der Waals surface area contributed by atoms with Crippen LogP contribution in [0.3, 0.4) is 0 Å². The minimum Gasteiger partial charge on any atom is -0.377 e. The second-order valence-corrected chi connectivity index (χ2v) is 5.28. The molecule has 0 aliphatic carbocycles. The van der Waals surface area contributed by atoms with Crippen LogP contribution in [0.1, 0.15) is 32.2 Å². The SMILES string of the molecule is CCNC(=NCc1cccc(C)n1)NCC(C)(C)OC.I. The van der Waals surface area contributed by atoms with Gasteiger partial charge in [0.2, 0.25) is 0 Å². The van der Waals surface area contributed by atoms with Gasteiger partial charge in [-0.15, -0.1) is 24.0 Å². The van der Waals surface area contributed by atoms with Crippen LogP contribution >= 0.6 is 24.0 Å². The Balaban J connectivity index is 0.00000400. The number of nitrogens with one attached hydrogen (secondary N) is 2. The first-order chi connectivity index (χ1) is 9.46. The molecule has 0 amide bonds. The Morgan fingerprint density at radius 3 is 2.62 bits per heavy atom. The summed E-state index contributed by atoms with van der Waals surface area (Å²) in [5.74, 6) is 0.779. The molecule has 6 heteroatoms. The molecule has 120 valence electrons. The molecule has 1 heterocycles. The van der Waals surface area contributed by atoms with E-state index < -0.39 is 0 Å². The van der Waals surface area contributed by atoms with E-state index in [1.54, 1.807) is 7.11 Å². The van der Waals surface area contributed by atoms with E-state index in [2.05, 4.69) is 20.6 Å². The number of aliphatic imine (C=N–C) groups is 1. The third kappa shape index (κ3) is 8.21. The number of rotatable bonds is 6. The van der Waals surface area contributed by atoms with Crippen LogP contribution in [0.15, 0.2) is 23.2 Å². The van der Waals surface area contributed by atoms with E-state index in [4.69, 9.17) is 4.74 Å². The van der Waals surface area contributed by atoms with E-state index >= 15 is 0 Å². The number of pyridine rings is 1. The van der Waals surface area contributed by atoms with Crippen LogP contribution < -0.4 is 10.6 Å². The lowest BCUT2D eigenvalue weighted by Gasteiger charge is -2.24. The van der Waals surface area contributed by atoms with Crippen LogP contribution in [-0.2, 0) is 11.3 Å². The van der Waals surface area contributed by atoms with Crippen molar-refractivity contribution in [2.24, 2.45) is 4.99 Å². The predicted molar refractivity (Wildman–Crippen MR) is 98.3 cm³/mol. The summed E-state index contributed by atoms with van der Waals surface area (Å²) in [5.41, 5.74) is 1.75. The smallest absolute Gasteiger partial charge is 0.191 e. The van der Waals surface area contributed by atoms with Crippen molar-refractivity contribution in [2.75, 3.05) is 20.2 Å². The van der Waals surface area contributed by atoms with Gasteiger partial charge >= 0.3 is 0 Å². The average molecular weight is 406 g/mol. The molecular formula is C15H27IN4O. The number of guanidine groups is 1. The lowest BCUT2D eigenvalue weighted by molar-refractivity contribution is 0.0268. The minimum absolute atomic E-state index is 0. The van der Waals surface area contributed by atoms with Gasteiger partial charge in [0.25, 0.3) is 0 Å². The topological polar surface area (TPSA) is 58.5 Å². The number of hydrogen-bond acceptors (Lipinski definition) is 3. The zero-order valence-corrected chi connectivity index (χ0v) is 15.9. The van der Waals surface area contributed by atoms with Gasteiger partial charge in [0.15, 0.2) is 5.96 Å². The Hall–Kier alpha value is -0.890. The summed E-state index contributed by atoms with van der Waals surface area (Å²) < 4.78 is 5.39. The second kappa shape index (κ2) is 9.94. The van der Waals surface area contributed by atoms with Crippen molar-refractivity contribution in [1.82, 2.24) is 15.6 Å². The van der Waals surface area contributed by atoms with Crippen LogP contribution in [0, 0.1) is 6.92 Å². The second-order valence-electron chi connectivity index (χ2n) is 5.28. The molecule has 1 rings (SSSR count). The molecule has 0 bridgehead atoms. The Kier molecular flexibility index (Phi) is 9.52. The van der Waals surface area contributed by atoms with Crippen molar-refractivity contribution in [3.63, 3.8) is 0 Å². The molecule has 0 saturated heterocycles. The third-order valence-corrected chi connectivity index (χ3v) is 2.92. The van der Waals surface area contributed by atoms with E-state index in [1.165, 1.54) is 0 Å². The first-order valence-electron chi connectivity index (χ1n) is 6.96. The summed E-state index contributed by atoms with van der Waals surface area (Å²) in [5, 5.41) is 6.50. The summed E-state index contributed by atoms with van der Waals surface area (Å²) in [6.07, 6.45) is 0. The van der Waals surface area contributed by atoms with Gasteiger partial charge in [0, 0.05) is 25.9 Å². The fourth-order valence-electron chi connectivity index (χ4n) is 1.56. The largest absolute Gasteiger partial charge is 0.377 e. The maximum absolute atomic E-state index is 5.39. The molecule has 0 atom stereocenters. The molecule has 21 heavy (non-hydrogen) atoms. The van der Waals surface area contributed by atoms with Crippen LogP contribution in [0.5, 0.6) is 0 Å². The molecule has 0 fully saturated rings. The molecule has 0 aliphatic heterocycles. The molecule has 0 saturated carbocycles. The number of aromatic nitrogens is 1. The molecule has 0 unspecified atom stereocenters. The van der Waals surface area contributed by atoms with Crippen LogP contribution in [0.4, 0.5) is 0 Å². The van der Waals surface area contributed by atoms with E-state index in [9.17, 15) is 0 Å². The Morgan fingerprint density at radius 1 is 1.33 bits per heavy atom. The van der Waals surface area contributed by atoms with Crippen molar-refractivity contribution in [3.8, 4) is 0 Å². The van der Waals surface area contributed by atoms with Crippen LogP contribution in [0.25, 0.3) is 0 Å². The van der Waals surface area contributed by atoms with E-state index in [0.717, 1.165) is 23.9 Å². The highest BCUT2D eigenvalue weighted by atomic mass is 127. The normalized spacial score (nSPS) is 11.8. The van der Waals surface area contributed by atoms with Gasteiger partial charge in [-0.05, 0) is 39.8 Å². The van der Waals surface area contributed by atoms with E-state index in [0.29, 0.717) is 13.1 Å². The minimum atomic E-state index is -0.224. The van der Waals surface area contributed by atoms with Gasteiger partial charge < -0.3 is 15.4 Å². The lowest BCUT2D eigenvalue weighted by atomic mass is 10.1. The Labute approximate surface area is 145 Å². The number of aryl methyl sites for hydroxylation is 1. The monoisotopic (exact) mass is 406 g/mol. The lowest BCUT2D eigenvalue weighted by Crippen LogP contribution is -2.45. The molecule has 0 aromatic carbocycles. The van der Waals surface area contributed by atoms with E-state index in [1.807, 2.05) is 45.9 Å². The highest BCUT2D eigenvalue weighted by Crippen LogP contribution is 2.04. The molecule has 0 spiro atoms. The maximum atomic E-state index is 5.39. The van der Waals surface area contributed by atoms with Gasteiger partial charge in [-0.25, -0.2) is 4.99 Å². The summed E-state index contributed by atoms with van der Waals surface area (Å²) >= 11 is 0. The van der Waals surface area contributed by atoms with Crippen molar-refractivity contribution in [2.45, 2.75) is 39.8 Å². The van der Waals surface area contributed by atoms with Crippen molar-refractivity contribution in [1.29, 1.82) is 0 Å².